The standard InChI is InChI=1S/C25H23ClN2O5S2/c26-20-5-10-23(11-6-20)35(31,32)28-15-13-27(14-16-28)25(30)18-33-21-7-3-19(4-8-21)24(29)12-9-22-2-1-17-34-22/h1-12,17H,13-16,18H2. The third kappa shape index (κ3) is 6.37. The molecule has 2 aromatic carbocycles. The molecule has 1 aliphatic heterocycles. The maximum atomic E-state index is 12.8. The molecule has 3 aromatic rings. The molecule has 1 aromatic heterocycles. The predicted octanol–water partition coefficient (Wildman–Crippen LogP) is 4.21. The average Bonchev–Trinajstić information content (AvgIpc) is 3.40. The van der Waals surface area contributed by atoms with Gasteiger partial charge in [0.15, 0.2) is 12.4 Å². The highest BCUT2D eigenvalue weighted by Crippen LogP contribution is 2.20. The van der Waals surface area contributed by atoms with Crippen molar-refractivity contribution in [2.45, 2.75) is 4.90 Å². The molecule has 0 bridgehead atoms. The molecule has 0 unspecified atom stereocenters. The number of piperazine rings is 1. The molecular formula is C25H23ClN2O5S2. The number of carbonyl (C=O) groups excluding carboxylic acids is 2. The largest absolute Gasteiger partial charge is 0.484 e. The number of ketones is 1. The average molecular weight is 531 g/mol. The number of carbonyl (C=O) groups is 2. The Morgan fingerprint density at radius 1 is 0.971 bits per heavy atom. The Morgan fingerprint density at radius 2 is 1.66 bits per heavy atom. The molecule has 1 fully saturated rings. The molecule has 0 atom stereocenters. The van der Waals surface area contributed by atoms with Crippen LogP contribution in [0.2, 0.25) is 5.02 Å². The van der Waals surface area contributed by atoms with E-state index in [1.165, 1.54) is 34.6 Å². The molecule has 0 saturated carbocycles. The van der Waals surface area contributed by atoms with E-state index in [0.29, 0.717) is 16.3 Å². The number of hydrogen-bond donors (Lipinski definition) is 0. The summed E-state index contributed by atoms with van der Waals surface area (Å²) in [7, 11) is -3.64. The van der Waals surface area contributed by atoms with Gasteiger partial charge in [0.1, 0.15) is 5.75 Å². The Hall–Kier alpha value is -2.98. The molecule has 2 heterocycles. The lowest BCUT2D eigenvalue weighted by Crippen LogP contribution is -2.51. The minimum Gasteiger partial charge on any atom is -0.484 e. The van der Waals surface area contributed by atoms with Gasteiger partial charge in [-0.2, -0.15) is 4.31 Å². The van der Waals surface area contributed by atoms with Gasteiger partial charge in [-0.05, 0) is 72.1 Å². The van der Waals surface area contributed by atoms with E-state index in [0.717, 1.165) is 4.88 Å². The fourth-order valence-corrected chi connectivity index (χ4v) is 5.69. The lowest BCUT2D eigenvalue weighted by atomic mass is 10.1. The number of amides is 1. The zero-order valence-corrected chi connectivity index (χ0v) is 21.1. The quantitative estimate of drug-likeness (QED) is 0.322. The van der Waals surface area contributed by atoms with Gasteiger partial charge in [0.05, 0.1) is 4.90 Å². The molecule has 1 amide bonds. The van der Waals surface area contributed by atoms with E-state index in [2.05, 4.69) is 0 Å². The van der Waals surface area contributed by atoms with E-state index in [9.17, 15) is 18.0 Å². The monoisotopic (exact) mass is 530 g/mol. The number of nitrogens with zero attached hydrogens (tertiary/aromatic N) is 2. The van der Waals surface area contributed by atoms with E-state index >= 15 is 0 Å². The lowest BCUT2D eigenvalue weighted by molar-refractivity contribution is -0.134. The summed E-state index contributed by atoms with van der Waals surface area (Å²) in [6.07, 6.45) is 3.30. The molecule has 10 heteroatoms. The number of benzene rings is 2. The fraction of sp³-hybridized carbons (Fsp3) is 0.200. The number of allylic oxidation sites excluding steroid dienone is 1. The van der Waals surface area contributed by atoms with Crippen LogP contribution in [-0.4, -0.2) is 62.1 Å². The van der Waals surface area contributed by atoms with Crippen LogP contribution in [0.25, 0.3) is 6.08 Å². The van der Waals surface area contributed by atoms with Crippen molar-refractivity contribution in [3.05, 3.63) is 87.6 Å². The third-order valence-electron chi connectivity index (χ3n) is 5.49. The first kappa shape index (κ1) is 25.1. The van der Waals surface area contributed by atoms with Crippen molar-refractivity contribution in [2.75, 3.05) is 32.8 Å². The van der Waals surface area contributed by atoms with Crippen molar-refractivity contribution in [1.82, 2.24) is 9.21 Å². The molecule has 1 saturated heterocycles. The Balaban J connectivity index is 1.25. The fourth-order valence-electron chi connectivity index (χ4n) is 3.53. The lowest BCUT2D eigenvalue weighted by Gasteiger charge is -2.34. The van der Waals surface area contributed by atoms with Gasteiger partial charge in [0.2, 0.25) is 10.0 Å². The Bertz CT molecular complexity index is 1300. The number of halogens is 1. The van der Waals surface area contributed by atoms with Crippen molar-refractivity contribution in [3.8, 4) is 5.75 Å². The van der Waals surface area contributed by atoms with Gasteiger partial charge in [-0.1, -0.05) is 17.7 Å². The van der Waals surface area contributed by atoms with E-state index in [4.69, 9.17) is 16.3 Å². The van der Waals surface area contributed by atoms with Gasteiger partial charge in [-0.3, -0.25) is 9.59 Å². The van der Waals surface area contributed by atoms with E-state index in [1.54, 1.807) is 46.6 Å². The molecule has 1 aliphatic rings. The summed E-state index contributed by atoms with van der Waals surface area (Å²) in [5, 5.41) is 2.41. The molecule has 4 rings (SSSR count). The number of sulfonamides is 1. The van der Waals surface area contributed by atoms with Crippen molar-refractivity contribution in [1.29, 1.82) is 0 Å². The first-order valence-corrected chi connectivity index (χ1v) is 13.5. The predicted molar refractivity (Wildman–Crippen MR) is 136 cm³/mol. The van der Waals surface area contributed by atoms with Crippen LogP contribution in [0.5, 0.6) is 5.75 Å². The third-order valence-corrected chi connectivity index (χ3v) is 8.49. The number of thiophene rings is 1. The summed E-state index contributed by atoms with van der Waals surface area (Å²) in [5.74, 6) is 0.126. The van der Waals surface area contributed by atoms with Crippen LogP contribution in [0, 0.1) is 0 Å². The molecule has 0 radical (unpaired) electrons. The number of rotatable bonds is 8. The summed E-state index contributed by atoms with van der Waals surface area (Å²) in [6, 6.07) is 16.5. The number of hydrogen-bond acceptors (Lipinski definition) is 6. The Morgan fingerprint density at radius 3 is 2.29 bits per heavy atom. The molecule has 0 aliphatic carbocycles. The summed E-state index contributed by atoms with van der Waals surface area (Å²) in [4.78, 5) is 27.6. The zero-order valence-electron chi connectivity index (χ0n) is 18.7. The second kappa shape index (κ2) is 11.2. The maximum Gasteiger partial charge on any atom is 0.260 e. The van der Waals surface area contributed by atoms with Gasteiger partial charge in [-0.15, -0.1) is 11.3 Å². The van der Waals surface area contributed by atoms with E-state index < -0.39 is 10.0 Å². The van der Waals surface area contributed by atoms with E-state index in [-0.39, 0.29) is 49.4 Å². The van der Waals surface area contributed by atoms with Crippen molar-refractivity contribution < 1.29 is 22.7 Å². The second-order valence-electron chi connectivity index (χ2n) is 7.76. The topological polar surface area (TPSA) is 84.0 Å². The smallest absolute Gasteiger partial charge is 0.260 e. The van der Waals surface area contributed by atoms with Gasteiger partial charge >= 0.3 is 0 Å². The molecule has 35 heavy (non-hydrogen) atoms. The van der Waals surface area contributed by atoms with Gasteiger partial charge in [-0.25, -0.2) is 8.42 Å². The van der Waals surface area contributed by atoms with Crippen molar-refractivity contribution in [2.24, 2.45) is 0 Å². The molecule has 0 spiro atoms. The Kier molecular flexibility index (Phi) is 8.02. The summed E-state index contributed by atoms with van der Waals surface area (Å²) in [6.45, 7) is 0.784. The van der Waals surface area contributed by atoms with Crippen LogP contribution >= 0.6 is 22.9 Å². The summed E-state index contributed by atoms with van der Waals surface area (Å²) >= 11 is 7.40. The summed E-state index contributed by atoms with van der Waals surface area (Å²) < 4.78 is 32.5. The highest BCUT2D eigenvalue weighted by Gasteiger charge is 2.30. The molecule has 0 N–H and O–H groups in total. The highest BCUT2D eigenvalue weighted by molar-refractivity contribution is 7.89. The van der Waals surface area contributed by atoms with Gasteiger partial charge in [0, 0.05) is 41.6 Å². The van der Waals surface area contributed by atoms with Crippen LogP contribution < -0.4 is 4.74 Å². The minimum absolute atomic E-state index is 0.118. The van der Waals surface area contributed by atoms with Crippen LogP contribution in [0.15, 0.2) is 77.0 Å². The van der Waals surface area contributed by atoms with Crippen molar-refractivity contribution in [3.63, 3.8) is 0 Å². The maximum absolute atomic E-state index is 12.8. The first-order valence-electron chi connectivity index (χ1n) is 10.9. The molecule has 182 valence electrons. The normalized spacial score (nSPS) is 14.8. The number of ether oxygens (including phenoxy) is 1. The van der Waals surface area contributed by atoms with Crippen molar-refractivity contribution >= 4 is 50.7 Å². The van der Waals surface area contributed by atoms with Crippen LogP contribution in [0.3, 0.4) is 0 Å². The van der Waals surface area contributed by atoms with Gasteiger partial charge < -0.3 is 9.64 Å². The van der Waals surface area contributed by atoms with Crippen LogP contribution in [-0.2, 0) is 14.8 Å². The minimum atomic E-state index is -3.64. The van der Waals surface area contributed by atoms with Gasteiger partial charge in [0.25, 0.3) is 5.91 Å². The first-order chi connectivity index (χ1) is 16.8. The van der Waals surface area contributed by atoms with Crippen LogP contribution in [0.4, 0.5) is 0 Å². The SMILES string of the molecule is O=C(C=Cc1cccs1)c1ccc(OCC(=O)N2CCN(S(=O)(=O)c3ccc(Cl)cc3)CC2)cc1. The molecular weight excluding hydrogens is 508 g/mol. The Labute approximate surface area is 213 Å². The zero-order chi connectivity index (χ0) is 24.8. The highest BCUT2D eigenvalue weighted by atomic mass is 35.5. The van der Waals surface area contributed by atoms with E-state index in [1.807, 2.05) is 17.5 Å². The molecule has 7 nitrogen and oxygen atoms in total. The second-order valence-corrected chi connectivity index (χ2v) is 11.1. The van der Waals surface area contributed by atoms with Crippen LogP contribution in [0.1, 0.15) is 15.2 Å². The summed E-state index contributed by atoms with van der Waals surface area (Å²) in [5.41, 5.74) is 0.523.